The Hall–Kier alpha value is -2.92. The van der Waals surface area contributed by atoms with Crippen LogP contribution < -0.4 is 0 Å². The van der Waals surface area contributed by atoms with Crippen molar-refractivity contribution in [3.63, 3.8) is 0 Å². The largest absolute Gasteiger partial charge is 0.478 e. The van der Waals surface area contributed by atoms with Gasteiger partial charge in [-0.3, -0.25) is 0 Å². The molecule has 0 aliphatic heterocycles. The van der Waals surface area contributed by atoms with Crippen LogP contribution in [0.25, 0.3) is 33.7 Å². The molecule has 0 unspecified atom stereocenters. The predicted molar refractivity (Wildman–Crippen MR) is 118 cm³/mol. The fraction of sp³-hybridized carbons (Fsp3) is 0.167. The van der Waals surface area contributed by atoms with E-state index >= 15 is 0 Å². The summed E-state index contributed by atoms with van der Waals surface area (Å²) < 4.78 is 6.83. The van der Waals surface area contributed by atoms with E-state index in [0.29, 0.717) is 28.3 Å². The van der Waals surface area contributed by atoms with E-state index in [-0.39, 0.29) is 5.56 Å². The maximum absolute atomic E-state index is 11.8. The zero-order chi connectivity index (χ0) is 20.5. The maximum atomic E-state index is 11.8. The van der Waals surface area contributed by atoms with Crippen molar-refractivity contribution in [3.8, 4) is 22.8 Å². The summed E-state index contributed by atoms with van der Waals surface area (Å²) in [5.41, 5.74) is 3.59. The third-order valence-electron chi connectivity index (χ3n) is 5.24. The lowest BCUT2D eigenvalue weighted by Crippen LogP contribution is -2.00. The van der Waals surface area contributed by atoms with Gasteiger partial charge in [-0.05, 0) is 54.3 Å². The second kappa shape index (κ2) is 7.84. The minimum absolute atomic E-state index is 0.196. The molecular weight excluding hydrogens is 430 g/mol. The predicted octanol–water partition coefficient (Wildman–Crippen LogP) is 7.14. The molecule has 2 aromatic carbocycles. The maximum Gasteiger partial charge on any atom is 0.336 e. The van der Waals surface area contributed by atoms with Gasteiger partial charge in [0.1, 0.15) is 11.5 Å². The van der Waals surface area contributed by atoms with E-state index in [2.05, 4.69) is 59.0 Å². The Morgan fingerprint density at radius 2 is 1.79 bits per heavy atom. The Morgan fingerprint density at radius 3 is 2.48 bits per heavy atom. The van der Waals surface area contributed by atoms with Crippen molar-refractivity contribution in [2.24, 2.45) is 0 Å². The van der Waals surface area contributed by atoms with Crippen molar-refractivity contribution in [3.05, 3.63) is 76.3 Å². The second-order valence-electron chi connectivity index (χ2n) is 7.12. The summed E-state index contributed by atoms with van der Waals surface area (Å²) in [4.78, 5) is 16.4. The van der Waals surface area contributed by atoms with Crippen LogP contribution in [0.4, 0.5) is 0 Å². The SMILES string of the molecule is CC[C@@H](C)c1ccc(-c2ccc(-c3cc(C(=O)O)c4cc(Br)ccc4n3)o2)cc1. The van der Waals surface area contributed by atoms with E-state index in [9.17, 15) is 9.90 Å². The first-order valence-corrected chi connectivity index (χ1v) is 10.3. The van der Waals surface area contributed by atoms with Gasteiger partial charge in [0.25, 0.3) is 0 Å². The summed E-state index contributed by atoms with van der Waals surface area (Å²) in [6.07, 6.45) is 1.10. The lowest BCUT2D eigenvalue weighted by Gasteiger charge is -2.09. The van der Waals surface area contributed by atoms with E-state index in [1.165, 1.54) is 5.56 Å². The summed E-state index contributed by atoms with van der Waals surface area (Å²) in [6.45, 7) is 4.39. The lowest BCUT2D eigenvalue weighted by atomic mass is 9.97. The summed E-state index contributed by atoms with van der Waals surface area (Å²) in [7, 11) is 0. The lowest BCUT2D eigenvalue weighted by molar-refractivity contribution is 0.0699. The third-order valence-corrected chi connectivity index (χ3v) is 5.73. The molecule has 2 heterocycles. The van der Waals surface area contributed by atoms with Crippen LogP contribution in [-0.2, 0) is 0 Å². The molecular formula is C24H20BrNO3. The number of pyridine rings is 1. The highest BCUT2D eigenvalue weighted by Crippen LogP contribution is 2.32. The van der Waals surface area contributed by atoms with E-state index < -0.39 is 5.97 Å². The van der Waals surface area contributed by atoms with Crippen LogP contribution in [0.1, 0.15) is 42.1 Å². The molecule has 0 spiro atoms. The van der Waals surface area contributed by atoms with Crippen molar-refractivity contribution in [2.75, 3.05) is 0 Å². The fourth-order valence-corrected chi connectivity index (χ4v) is 3.70. The van der Waals surface area contributed by atoms with Gasteiger partial charge in [-0.2, -0.15) is 0 Å². The van der Waals surface area contributed by atoms with Crippen molar-refractivity contribution < 1.29 is 14.3 Å². The Labute approximate surface area is 177 Å². The number of aromatic nitrogens is 1. The Morgan fingerprint density at radius 1 is 1.07 bits per heavy atom. The van der Waals surface area contributed by atoms with Gasteiger partial charge in [-0.15, -0.1) is 0 Å². The van der Waals surface area contributed by atoms with Gasteiger partial charge in [0, 0.05) is 15.4 Å². The number of fused-ring (bicyclic) bond motifs is 1. The van der Waals surface area contributed by atoms with Crippen molar-refractivity contribution in [2.45, 2.75) is 26.2 Å². The highest BCUT2D eigenvalue weighted by atomic mass is 79.9. The highest BCUT2D eigenvalue weighted by molar-refractivity contribution is 9.10. The molecule has 0 aliphatic carbocycles. The number of nitrogens with zero attached hydrogens (tertiary/aromatic N) is 1. The first-order chi connectivity index (χ1) is 14.0. The third kappa shape index (κ3) is 3.83. The fourth-order valence-electron chi connectivity index (χ4n) is 3.34. The molecule has 0 amide bonds. The molecule has 1 N–H and O–H groups in total. The first kappa shape index (κ1) is 19.4. The Bertz CT molecular complexity index is 1190. The van der Waals surface area contributed by atoms with Crippen LogP contribution in [0, 0.1) is 0 Å². The van der Waals surface area contributed by atoms with Crippen LogP contribution in [0.5, 0.6) is 0 Å². The van der Waals surface area contributed by atoms with E-state index in [0.717, 1.165) is 22.2 Å². The highest BCUT2D eigenvalue weighted by Gasteiger charge is 2.16. The van der Waals surface area contributed by atoms with Gasteiger partial charge in [-0.25, -0.2) is 9.78 Å². The zero-order valence-corrected chi connectivity index (χ0v) is 17.7. The number of carboxylic acid groups (broad SMARTS) is 1. The summed E-state index contributed by atoms with van der Waals surface area (Å²) in [5, 5.41) is 10.2. The molecule has 146 valence electrons. The Balaban J connectivity index is 1.73. The topological polar surface area (TPSA) is 63.3 Å². The van der Waals surface area contributed by atoms with Crippen LogP contribution in [0.15, 0.2) is 69.6 Å². The second-order valence-corrected chi connectivity index (χ2v) is 8.03. The molecule has 0 saturated heterocycles. The van der Waals surface area contributed by atoms with Gasteiger partial charge >= 0.3 is 5.97 Å². The monoisotopic (exact) mass is 449 g/mol. The molecule has 4 nitrogen and oxygen atoms in total. The molecule has 4 rings (SSSR count). The average molecular weight is 450 g/mol. The van der Waals surface area contributed by atoms with Gasteiger partial charge in [0.05, 0.1) is 11.1 Å². The summed E-state index contributed by atoms with van der Waals surface area (Å²) in [5.74, 6) is 0.792. The van der Waals surface area contributed by atoms with Gasteiger partial charge in [-0.1, -0.05) is 54.0 Å². The number of carboxylic acids is 1. The quantitative estimate of drug-likeness (QED) is 0.351. The van der Waals surface area contributed by atoms with Gasteiger partial charge in [0.15, 0.2) is 5.76 Å². The number of benzene rings is 2. The Kier molecular flexibility index (Phi) is 5.24. The first-order valence-electron chi connectivity index (χ1n) is 9.50. The number of rotatable bonds is 5. The number of carbonyl (C=O) groups is 1. The summed E-state index contributed by atoms with van der Waals surface area (Å²) in [6, 6.07) is 19.0. The molecule has 29 heavy (non-hydrogen) atoms. The number of hydrogen-bond acceptors (Lipinski definition) is 3. The molecule has 0 bridgehead atoms. The molecule has 5 heteroatoms. The number of hydrogen-bond donors (Lipinski definition) is 1. The molecule has 0 radical (unpaired) electrons. The van der Waals surface area contributed by atoms with Gasteiger partial charge < -0.3 is 9.52 Å². The smallest absolute Gasteiger partial charge is 0.336 e. The molecule has 0 saturated carbocycles. The van der Waals surface area contributed by atoms with Crippen LogP contribution in [0.3, 0.4) is 0 Å². The molecule has 4 aromatic rings. The van der Waals surface area contributed by atoms with E-state index in [1.54, 1.807) is 18.2 Å². The van der Waals surface area contributed by atoms with Crippen LogP contribution in [0.2, 0.25) is 0 Å². The molecule has 2 aromatic heterocycles. The molecule has 0 fully saturated rings. The number of halogens is 1. The normalized spacial score (nSPS) is 12.2. The van der Waals surface area contributed by atoms with Gasteiger partial charge in [0.2, 0.25) is 0 Å². The minimum atomic E-state index is -0.996. The standard InChI is InChI=1S/C24H20BrNO3/c1-3-14(2)15-4-6-16(7-5-15)22-10-11-23(29-22)21-13-19(24(27)28)18-12-17(25)8-9-20(18)26-21/h4-14H,3H2,1-2H3,(H,27,28)/t14-/m1/s1. The van der Waals surface area contributed by atoms with Crippen molar-refractivity contribution in [1.82, 2.24) is 4.98 Å². The van der Waals surface area contributed by atoms with E-state index in [1.807, 2.05) is 18.2 Å². The van der Waals surface area contributed by atoms with Crippen LogP contribution in [-0.4, -0.2) is 16.1 Å². The number of aromatic carboxylic acids is 1. The van der Waals surface area contributed by atoms with Crippen LogP contribution >= 0.6 is 15.9 Å². The zero-order valence-electron chi connectivity index (χ0n) is 16.1. The number of furan rings is 1. The van der Waals surface area contributed by atoms with Crippen molar-refractivity contribution >= 4 is 32.8 Å². The van der Waals surface area contributed by atoms with E-state index in [4.69, 9.17) is 4.42 Å². The molecule has 0 aliphatic rings. The molecule has 1 atom stereocenters. The van der Waals surface area contributed by atoms with Crippen molar-refractivity contribution in [1.29, 1.82) is 0 Å². The average Bonchev–Trinajstić information content (AvgIpc) is 3.22. The minimum Gasteiger partial charge on any atom is -0.478 e. The summed E-state index contributed by atoms with van der Waals surface area (Å²) >= 11 is 3.39.